The lowest BCUT2D eigenvalue weighted by Crippen LogP contribution is -2.41. The van der Waals surface area contributed by atoms with Gasteiger partial charge in [-0.15, -0.1) is 0 Å². The highest BCUT2D eigenvalue weighted by atomic mass is 16.5. The highest BCUT2D eigenvalue weighted by Crippen LogP contribution is 2.48. The SMILES string of the molecule is CNC(=O)N(C[C@@H]1C[C@H]1c1ccccc1)[C@H](C)c1cccc(OC)c1. The number of carbonyl (C=O) groups excluding carboxylic acids is 1. The number of nitrogens with zero attached hydrogens (tertiary/aromatic N) is 1. The van der Waals surface area contributed by atoms with Crippen LogP contribution in [0.2, 0.25) is 0 Å². The van der Waals surface area contributed by atoms with Gasteiger partial charge in [0.25, 0.3) is 0 Å². The Morgan fingerprint density at radius 3 is 2.68 bits per heavy atom. The Kier molecular flexibility index (Phi) is 5.27. The third-order valence-corrected chi connectivity index (χ3v) is 5.10. The minimum Gasteiger partial charge on any atom is -0.497 e. The maximum absolute atomic E-state index is 12.5. The van der Waals surface area contributed by atoms with Crippen molar-refractivity contribution in [1.29, 1.82) is 0 Å². The number of hydrogen-bond donors (Lipinski definition) is 1. The third-order valence-electron chi connectivity index (χ3n) is 5.10. The van der Waals surface area contributed by atoms with Crippen molar-refractivity contribution in [3.8, 4) is 5.75 Å². The first-order valence-electron chi connectivity index (χ1n) is 8.81. The van der Waals surface area contributed by atoms with Crippen molar-refractivity contribution in [2.24, 2.45) is 5.92 Å². The van der Waals surface area contributed by atoms with E-state index in [9.17, 15) is 4.79 Å². The molecule has 1 N–H and O–H groups in total. The van der Waals surface area contributed by atoms with Gasteiger partial charge in [0.05, 0.1) is 13.2 Å². The summed E-state index contributed by atoms with van der Waals surface area (Å²) in [4.78, 5) is 14.4. The quantitative estimate of drug-likeness (QED) is 0.857. The number of hydrogen-bond acceptors (Lipinski definition) is 2. The van der Waals surface area contributed by atoms with Crippen LogP contribution in [-0.2, 0) is 0 Å². The highest BCUT2D eigenvalue weighted by Gasteiger charge is 2.40. The van der Waals surface area contributed by atoms with E-state index >= 15 is 0 Å². The van der Waals surface area contributed by atoms with Gasteiger partial charge in [-0.2, -0.15) is 0 Å². The average Bonchev–Trinajstić information content (AvgIpc) is 3.45. The molecule has 25 heavy (non-hydrogen) atoms. The van der Waals surface area contributed by atoms with Crippen LogP contribution in [0.25, 0.3) is 0 Å². The lowest BCUT2D eigenvalue weighted by molar-refractivity contribution is 0.177. The Labute approximate surface area is 149 Å². The van der Waals surface area contributed by atoms with Crippen molar-refractivity contribution in [2.75, 3.05) is 20.7 Å². The second kappa shape index (κ2) is 7.60. The Morgan fingerprint density at radius 2 is 2.00 bits per heavy atom. The molecule has 1 fully saturated rings. The minimum atomic E-state index is -0.0333. The van der Waals surface area contributed by atoms with Gasteiger partial charge in [-0.25, -0.2) is 4.79 Å². The van der Waals surface area contributed by atoms with Crippen LogP contribution in [0.1, 0.15) is 36.4 Å². The second-order valence-electron chi connectivity index (χ2n) is 6.67. The molecule has 2 aromatic carbocycles. The molecule has 0 bridgehead atoms. The molecule has 4 nitrogen and oxygen atoms in total. The smallest absolute Gasteiger partial charge is 0.317 e. The Hall–Kier alpha value is -2.49. The van der Waals surface area contributed by atoms with E-state index < -0.39 is 0 Å². The summed E-state index contributed by atoms with van der Waals surface area (Å²) in [6, 6.07) is 18.5. The fourth-order valence-electron chi connectivity index (χ4n) is 3.45. The van der Waals surface area contributed by atoms with E-state index in [2.05, 4.69) is 36.5 Å². The van der Waals surface area contributed by atoms with Crippen molar-refractivity contribution in [2.45, 2.75) is 25.3 Å². The Bertz CT molecular complexity index is 717. The molecule has 132 valence electrons. The molecule has 0 spiro atoms. The monoisotopic (exact) mass is 338 g/mol. The topological polar surface area (TPSA) is 41.6 Å². The zero-order valence-corrected chi connectivity index (χ0v) is 15.1. The van der Waals surface area contributed by atoms with E-state index in [1.807, 2.05) is 35.2 Å². The molecule has 1 saturated carbocycles. The van der Waals surface area contributed by atoms with Gasteiger partial charge in [0.15, 0.2) is 0 Å². The van der Waals surface area contributed by atoms with Gasteiger partial charge < -0.3 is 15.0 Å². The number of ether oxygens (including phenoxy) is 1. The summed E-state index contributed by atoms with van der Waals surface area (Å²) < 4.78 is 5.32. The van der Waals surface area contributed by atoms with Crippen LogP contribution in [0.4, 0.5) is 4.79 Å². The van der Waals surface area contributed by atoms with Crippen molar-refractivity contribution in [3.63, 3.8) is 0 Å². The number of rotatable bonds is 6. The summed E-state index contributed by atoms with van der Waals surface area (Å²) >= 11 is 0. The standard InChI is InChI=1S/C21H26N2O2/c1-15(17-10-7-11-19(12-17)25-3)23(21(24)22-2)14-18-13-20(18)16-8-5-4-6-9-16/h4-12,15,18,20H,13-14H2,1-3H3,(H,22,24)/t15-,18+,20+/m1/s1. The first kappa shape index (κ1) is 17.3. The minimum absolute atomic E-state index is 0.00734. The van der Waals surface area contributed by atoms with Gasteiger partial charge in [0.1, 0.15) is 5.75 Å². The van der Waals surface area contributed by atoms with Crippen molar-refractivity contribution < 1.29 is 9.53 Å². The van der Waals surface area contributed by atoms with Crippen LogP contribution < -0.4 is 10.1 Å². The van der Waals surface area contributed by atoms with Gasteiger partial charge in [-0.3, -0.25) is 0 Å². The summed E-state index contributed by atoms with van der Waals surface area (Å²) in [6.07, 6.45) is 1.14. The van der Waals surface area contributed by atoms with Crippen molar-refractivity contribution in [3.05, 3.63) is 65.7 Å². The van der Waals surface area contributed by atoms with E-state index in [0.717, 1.165) is 24.3 Å². The molecule has 3 rings (SSSR count). The number of nitrogens with one attached hydrogen (secondary N) is 1. The van der Waals surface area contributed by atoms with Crippen molar-refractivity contribution in [1.82, 2.24) is 10.2 Å². The first-order valence-corrected chi connectivity index (χ1v) is 8.81. The second-order valence-corrected chi connectivity index (χ2v) is 6.67. The van der Waals surface area contributed by atoms with Crippen LogP contribution in [0, 0.1) is 5.92 Å². The predicted molar refractivity (Wildman–Crippen MR) is 99.9 cm³/mol. The molecule has 0 radical (unpaired) electrons. The zero-order valence-electron chi connectivity index (χ0n) is 15.1. The van der Waals surface area contributed by atoms with Gasteiger partial charge in [0.2, 0.25) is 0 Å². The summed E-state index contributed by atoms with van der Waals surface area (Å²) in [7, 11) is 3.35. The molecule has 3 atom stereocenters. The Balaban J connectivity index is 1.73. The molecule has 1 aliphatic rings. The zero-order chi connectivity index (χ0) is 17.8. The summed E-state index contributed by atoms with van der Waals surface area (Å²) in [6.45, 7) is 2.83. The number of methoxy groups -OCH3 is 1. The molecule has 0 aromatic heterocycles. The van der Waals surface area contributed by atoms with Crippen LogP contribution in [0.15, 0.2) is 54.6 Å². The highest BCUT2D eigenvalue weighted by molar-refractivity contribution is 5.74. The largest absolute Gasteiger partial charge is 0.497 e. The predicted octanol–water partition coefficient (Wildman–Crippen LogP) is 4.20. The number of carbonyl (C=O) groups is 1. The van der Waals surface area contributed by atoms with Gasteiger partial charge in [-0.1, -0.05) is 42.5 Å². The molecular formula is C21H26N2O2. The van der Waals surface area contributed by atoms with Gasteiger partial charge in [0, 0.05) is 13.6 Å². The lowest BCUT2D eigenvalue weighted by Gasteiger charge is -2.29. The normalized spacial score (nSPS) is 19.8. The molecular weight excluding hydrogens is 312 g/mol. The van der Waals surface area contributed by atoms with E-state index in [4.69, 9.17) is 4.74 Å². The fraction of sp³-hybridized carbons (Fsp3) is 0.381. The number of urea groups is 1. The first-order chi connectivity index (χ1) is 12.1. The molecule has 1 aliphatic carbocycles. The maximum atomic E-state index is 12.5. The molecule has 0 unspecified atom stereocenters. The van der Waals surface area contributed by atoms with E-state index in [1.54, 1.807) is 14.2 Å². The molecule has 0 saturated heterocycles. The van der Waals surface area contributed by atoms with E-state index in [-0.39, 0.29) is 12.1 Å². The van der Waals surface area contributed by atoms with E-state index in [1.165, 1.54) is 5.56 Å². The number of amides is 2. The molecule has 0 aliphatic heterocycles. The summed E-state index contributed by atoms with van der Waals surface area (Å²) in [5.41, 5.74) is 2.46. The van der Waals surface area contributed by atoms with Gasteiger partial charge >= 0.3 is 6.03 Å². The Morgan fingerprint density at radius 1 is 1.24 bits per heavy atom. The summed E-state index contributed by atoms with van der Waals surface area (Å²) in [5.74, 6) is 1.90. The van der Waals surface area contributed by atoms with Crippen LogP contribution >= 0.6 is 0 Å². The fourth-order valence-corrected chi connectivity index (χ4v) is 3.45. The van der Waals surface area contributed by atoms with Crippen LogP contribution in [0.3, 0.4) is 0 Å². The van der Waals surface area contributed by atoms with E-state index in [0.29, 0.717) is 11.8 Å². The molecule has 0 heterocycles. The molecule has 2 amide bonds. The van der Waals surface area contributed by atoms with Gasteiger partial charge in [-0.05, 0) is 48.4 Å². The number of benzene rings is 2. The van der Waals surface area contributed by atoms with Crippen LogP contribution in [-0.4, -0.2) is 31.6 Å². The summed E-state index contributed by atoms with van der Waals surface area (Å²) in [5, 5.41) is 2.79. The average molecular weight is 338 g/mol. The maximum Gasteiger partial charge on any atom is 0.317 e. The lowest BCUT2D eigenvalue weighted by atomic mass is 10.1. The third kappa shape index (κ3) is 3.95. The molecule has 4 heteroatoms. The van der Waals surface area contributed by atoms with Crippen LogP contribution in [0.5, 0.6) is 5.75 Å². The molecule has 2 aromatic rings. The van der Waals surface area contributed by atoms with Crippen molar-refractivity contribution >= 4 is 6.03 Å².